The van der Waals surface area contributed by atoms with Crippen molar-refractivity contribution in [2.75, 3.05) is 20.5 Å². The van der Waals surface area contributed by atoms with Gasteiger partial charge in [-0.25, -0.2) is 0 Å². The summed E-state index contributed by atoms with van der Waals surface area (Å²) in [7, 11) is 5.16. The fourth-order valence-corrected chi connectivity index (χ4v) is 1.96. The highest BCUT2D eigenvalue weighted by molar-refractivity contribution is 6.08. The van der Waals surface area contributed by atoms with Crippen molar-refractivity contribution in [2.45, 2.75) is 63.8 Å². The van der Waals surface area contributed by atoms with Gasteiger partial charge in [0.2, 0.25) is 0 Å². The summed E-state index contributed by atoms with van der Waals surface area (Å²) >= 11 is 0. The maximum Gasteiger partial charge on any atom is 0.146 e. The molecule has 0 aliphatic rings. The smallest absolute Gasteiger partial charge is 0.146 e. The molecule has 0 aliphatic carbocycles. The maximum absolute atomic E-state index is 5.23. The molecule has 0 heterocycles. The lowest BCUT2D eigenvalue weighted by atomic mass is 10.1. The first kappa shape index (κ1) is 16.1. The van der Waals surface area contributed by atoms with Crippen molar-refractivity contribution in [1.29, 1.82) is 0 Å². The minimum absolute atomic E-state index is 0.438. The predicted molar refractivity (Wildman–Crippen MR) is 69.9 cm³/mol. The molecule has 0 atom stereocenters. The van der Waals surface area contributed by atoms with Crippen molar-refractivity contribution in [1.82, 2.24) is 0 Å². The average Bonchev–Trinajstić information content (AvgIpc) is 2.31. The summed E-state index contributed by atoms with van der Waals surface area (Å²) in [4.78, 5) is 0. The molecule has 0 aliphatic heterocycles. The van der Waals surface area contributed by atoms with Crippen LogP contribution in [-0.2, 0) is 9.47 Å². The van der Waals surface area contributed by atoms with E-state index in [4.69, 9.17) is 9.47 Å². The molecule has 2 nitrogen and oxygen atoms in total. The van der Waals surface area contributed by atoms with Gasteiger partial charge >= 0.3 is 0 Å². The highest BCUT2D eigenvalue weighted by Gasteiger charge is 1.92. The zero-order valence-electron chi connectivity index (χ0n) is 10.8. The first-order valence-corrected chi connectivity index (χ1v) is 7.33. The predicted octanol–water partition coefficient (Wildman–Crippen LogP) is 3.70. The van der Waals surface area contributed by atoms with Gasteiger partial charge in [0.15, 0.2) is 0 Å². The molecule has 0 aromatic carbocycles. The molecular formula is C13H27O2Si. The van der Waals surface area contributed by atoms with Crippen LogP contribution in [0.1, 0.15) is 57.8 Å². The second-order valence-corrected chi connectivity index (χ2v) is 4.75. The molecule has 0 aromatic heterocycles. The van der Waals surface area contributed by atoms with E-state index < -0.39 is 0 Å². The monoisotopic (exact) mass is 243 g/mol. The van der Waals surface area contributed by atoms with Crippen LogP contribution in [0.4, 0.5) is 0 Å². The van der Waals surface area contributed by atoms with Gasteiger partial charge in [0, 0.05) is 24.0 Å². The maximum atomic E-state index is 5.23. The molecule has 3 radical (unpaired) electrons. The Kier molecular flexibility index (Phi) is 15.3. The lowest BCUT2D eigenvalue weighted by Gasteiger charge is -2.03. The largest absolute Gasteiger partial charge is 0.359 e. The van der Waals surface area contributed by atoms with E-state index in [1.165, 1.54) is 57.8 Å². The zero-order chi connectivity index (χ0) is 11.9. The number of methoxy groups -OCH3 is 1. The normalized spacial score (nSPS) is 10.9. The van der Waals surface area contributed by atoms with Gasteiger partial charge < -0.3 is 9.47 Å². The molecule has 0 aromatic rings. The Bertz CT molecular complexity index is 107. The Morgan fingerprint density at radius 2 is 1.25 bits per heavy atom. The van der Waals surface area contributed by atoms with Crippen LogP contribution in [0.2, 0.25) is 6.04 Å². The Hall–Kier alpha value is 0.137. The minimum Gasteiger partial charge on any atom is -0.359 e. The van der Waals surface area contributed by atoms with E-state index in [0.717, 1.165) is 12.7 Å². The number of hydrogen-bond donors (Lipinski definition) is 0. The second-order valence-electron chi connectivity index (χ2n) is 4.25. The molecule has 0 spiro atoms. The molecule has 0 fully saturated rings. The van der Waals surface area contributed by atoms with Crippen LogP contribution in [0.25, 0.3) is 0 Å². The van der Waals surface area contributed by atoms with Gasteiger partial charge in [0.1, 0.15) is 6.79 Å². The SMILES string of the molecule is COCOCCCCCCCCCCC[Si]. The number of hydrogen-bond acceptors (Lipinski definition) is 2. The van der Waals surface area contributed by atoms with Crippen molar-refractivity contribution >= 4 is 10.2 Å². The summed E-state index contributed by atoms with van der Waals surface area (Å²) in [5.74, 6) is 0. The van der Waals surface area contributed by atoms with E-state index >= 15 is 0 Å². The van der Waals surface area contributed by atoms with Crippen molar-refractivity contribution in [2.24, 2.45) is 0 Å². The lowest BCUT2D eigenvalue weighted by Crippen LogP contribution is -1.98. The molecular weight excluding hydrogens is 216 g/mol. The molecule has 0 rings (SSSR count). The average molecular weight is 243 g/mol. The highest BCUT2D eigenvalue weighted by atomic mass is 28.1. The summed E-state index contributed by atoms with van der Waals surface area (Å²) < 4.78 is 10.0. The van der Waals surface area contributed by atoms with Crippen LogP contribution in [0.15, 0.2) is 0 Å². The highest BCUT2D eigenvalue weighted by Crippen LogP contribution is 2.10. The van der Waals surface area contributed by atoms with E-state index in [-0.39, 0.29) is 0 Å². The van der Waals surface area contributed by atoms with Crippen molar-refractivity contribution in [3.63, 3.8) is 0 Å². The Morgan fingerprint density at radius 3 is 1.75 bits per heavy atom. The lowest BCUT2D eigenvalue weighted by molar-refractivity contribution is -0.0315. The molecule has 0 unspecified atom stereocenters. The fraction of sp³-hybridized carbons (Fsp3) is 1.00. The quantitative estimate of drug-likeness (QED) is 0.279. The summed E-state index contributed by atoms with van der Waals surface area (Å²) in [6.45, 7) is 1.28. The fourth-order valence-electron chi connectivity index (χ4n) is 1.71. The third-order valence-electron chi connectivity index (χ3n) is 2.67. The number of ether oxygens (including phenoxy) is 2. The molecule has 0 bridgehead atoms. The van der Waals surface area contributed by atoms with Gasteiger partial charge in [-0.1, -0.05) is 57.4 Å². The van der Waals surface area contributed by atoms with E-state index in [9.17, 15) is 0 Å². The Morgan fingerprint density at radius 1 is 0.750 bits per heavy atom. The minimum atomic E-state index is 0.438. The van der Waals surface area contributed by atoms with E-state index in [2.05, 4.69) is 10.2 Å². The third-order valence-corrected chi connectivity index (χ3v) is 3.02. The van der Waals surface area contributed by atoms with E-state index in [0.29, 0.717) is 6.79 Å². The van der Waals surface area contributed by atoms with Crippen molar-refractivity contribution in [3.05, 3.63) is 0 Å². The van der Waals surface area contributed by atoms with Gasteiger partial charge in [-0.3, -0.25) is 0 Å². The molecule has 95 valence electrons. The van der Waals surface area contributed by atoms with Crippen LogP contribution < -0.4 is 0 Å². The van der Waals surface area contributed by atoms with Crippen molar-refractivity contribution < 1.29 is 9.47 Å². The molecule has 3 heteroatoms. The summed E-state index contributed by atoms with van der Waals surface area (Å²) in [6.07, 6.45) is 12.1. The topological polar surface area (TPSA) is 18.5 Å². The Balaban J connectivity index is 2.83. The van der Waals surface area contributed by atoms with Crippen LogP contribution in [0.5, 0.6) is 0 Å². The van der Waals surface area contributed by atoms with Crippen LogP contribution in [-0.4, -0.2) is 30.8 Å². The first-order valence-electron chi connectivity index (χ1n) is 6.63. The first-order chi connectivity index (χ1) is 7.91. The zero-order valence-corrected chi connectivity index (χ0v) is 11.8. The summed E-state index contributed by atoms with van der Waals surface area (Å²) in [5, 5.41) is 0. The van der Waals surface area contributed by atoms with Crippen molar-refractivity contribution in [3.8, 4) is 0 Å². The van der Waals surface area contributed by atoms with Gasteiger partial charge in [-0.15, -0.1) is 0 Å². The molecule has 0 amide bonds. The van der Waals surface area contributed by atoms with Crippen LogP contribution >= 0.6 is 0 Å². The van der Waals surface area contributed by atoms with E-state index in [1.54, 1.807) is 7.11 Å². The number of unbranched alkanes of at least 4 members (excludes halogenated alkanes) is 8. The summed E-state index contributed by atoms with van der Waals surface area (Å²) in [5.41, 5.74) is 0. The van der Waals surface area contributed by atoms with Gasteiger partial charge in [0.05, 0.1) is 0 Å². The van der Waals surface area contributed by atoms with Gasteiger partial charge in [0.25, 0.3) is 0 Å². The molecule has 0 saturated heterocycles. The standard InChI is InChI=1S/C13H27O2Si/c1-14-13-15-11-9-7-5-3-2-4-6-8-10-12-16/h2-13H2,1H3. The second kappa shape index (κ2) is 15.1. The van der Waals surface area contributed by atoms with Gasteiger partial charge in [-0.05, 0) is 6.42 Å². The summed E-state index contributed by atoms with van der Waals surface area (Å²) in [6, 6.07) is 1.15. The third kappa shape index (κ3) is 14.1. The molecule has 0 saturated carbocycles. The molecule has 16 heavy (non-hydrogen) atoms. The van der Waals surface area contributed by atoms with Crippen LogP contribution in [0, 0.1) is 0 Å². The van der Waals surface area contributed by atoms with E-state index in [1.807, 2.05) is 0 Å². The van der Waals surface area contributed by atoms with Crippen LogP contribution in [0.3, 0.4) is 0 Å². The molecule has 0 N–H and O–H groups in total. The van der Waals surface area contributed by atoms with Gasteiger partial charge in [-0.2, -0.15) is 0 Å². The Labute approximate surface area is 105 Å². The number of rotatable bonds is 13.